The zero-order valence-corrected chi connectivity index (χ0v) is 14.5. The molecule has 5 heteroatoms. The normalized spacial score (nSPS) is 24.0. The number of halogens is 1. The summed E-state index contributed by atoms with van der Waals surface area (Å²) in [4.78, 5) is 26.9. The van der Waals surface area contributed by atoms with Gasteiger partial charge < -0.3 is 9.64 Å². The van der Waals surface area contributed by atoms with Crippen molar-refractivity contribution in [2.24, 2.45) is 5.92 Å². The quantitative estimate of drug-likeness (QED) is 0.776. The lowest BCUT2D eigenvalue weighted by Crippen LogP contribution is -2.44. The fourth-order valence-electron chi connectivity index (χ4n) is 3.57. The van der Waals surface area contributed by atoms with Crippen LogP contribution in [0.4, 0.5) is 4.79 Å². The SMILES string of the molecule is CC(C)(C)OC(=O)N1CCCC1C1Cc2cc(Cl)ccc2C1=O. The second kappa shape index (κ2) is 5.82. The van der Waals surface area contributed by atoms with E-state index in [0.717, 1.165) is 24.0 Å². The summed E-state index contributed by atoms with van der Waals surface area (Å²) in [5, 5.41) is 0.646. The highest BCUT2D eigenvalue weighted by molar-refractivity contribution is 6.30. The molecule has 0 radical (unpaired) electrons. The van der Waals surface area contributed by atoms with Crippen molar-refractivity contribution in [2.45, 2.75) is 51.7 Å². The lowest BCUT2D eigenvalue weighted by Gasteiger charge is -2.31. The predicted molar refractivity (Wildman–Crippen MR) is 88.9 cm³/mol. The molecule has 4 nitrogen and oxygen atoms in total. The highest BCUT2D eigenvalue weighted by atomic mass is 35.5. The number of ether oxygens (including phenoxy) is 1. The van der Waals surface area contributed by atoms with E-state index in [0.29, 0.717) is 18.0 Å². The summed E-state index contributed by atoms with van der Waals surface area (Å²) in [6, 6.07) is 5.33. The van der Waals surface area contributed by atoms with E-state index in [1.165, 1.54) is 0 Å². The number of ketones is 1. The highest BCUT2D eigenvalue weighted by Gasteiger charge is 2.43. The van der Waals surface area contributed by atoms with Gasteiger partial charge >= 0.3 is 6.09 Å². The standard InChI is InChI=1S/C18H22ClNO3/c1-18(2,3)23-17(22)20-8-4-5-15(20)14-10-11-9-12(19)6-7-13(11)16(14)21/h6-7,9,14-15H,4-5,8,10H2,1-3H3. The number of carbonyl (C=O) groups is 2. The van der Waals surface area contributed by atoms with E-state index in [1.807, 2.05) is 26.8 Å². The lowest BCUT2D eigenvalue weighted by atomic mass is 9.93. The van der Waals surface area contributed by atoms with Crippen molar-refractivity contribution in [1.29, 1.82) is 0 Å². The summed E-state index contributed by atoms with van der Waals surface area (Å²) in [6.07, 6.45) is 2.09. The molecule has 1 heterocycles. The highest BCUT2D eigenvalue weighted by Crippen LogP contribution is 2.36. The van der Waals surface area contributed by atoms with Crippen LogP contribution in [0.15, 0.2) is 18.2 Å². The maximum atomic E-state index is 12.7. The van der Waals surface area contributed by atoms with Crippen molar-refractivity contribution in [3.63, 3.8) is 0 Å². The third-order valence-electron chi connectivity index (χ3n) is 4.50. The number of fused-ring (bicyclic) bond motifs is 1. The van der Waals surface area contributed by atoms with Gasteiger partial charge in [0.05, 0.1) is 0 Å². The molecule has 1 fully saturated rings. The molecule has 1 aromatic rings. The van der Waals surface area contributed by atoms with Gasteiger partial charge in [0.1, 0.15) is 5.60 Å². The molecule has 1 aliphatic heterocycles. The van der Waals surface area contributed by atoms with E-state index in [-0.39, 0.29) is 23.8 Å². The number of hydrogen-bond donors (Lipinski definition) is 0. The van der Waals surface area contributed by atoms with Crippen molar-refractivity contribution in [3.8, 4) is 0 Å². The molecule has 3 rings (SSSR count). The Balaban J connectivity index is 1.79. The van der Waals surface area contributed by atoms with E-state index >= 15 is 0 Å². The van der Waals surface area contributed by atoms with Crippen LogP contribution in [0, 0.1) is 5.92 Å². The van der Waals surface area contributed by atoms with Gasteiger partial charge in [-0.3, -0.25) is 4.79 Å². The van der Waals surface area contributed by atoms with Gasteiger partial charge in [-0.1, -0.05) is 11.6 Å². The average Bonchev–Trinajstić information content (AvgIpc) is 3.01. The third kappa shape index (κ3) is 3.23. The van der Waals surface area contributed by atoms with Crippen LogP contribution in [0.1, 0.15) is 49.5 Å². The summed E-state index contributed by atoms with van der Waals surface area (Å²) in [6.45, 7) is 6.22. The van der Waals surface area contributed by atoms with Crippen LogP contribution in [-0.4, -0.2) is 35.0 Å². The molecular weight excluding hydrogens is 314 g/mol. The largest absolute Gasteiger partial charge is 0.444 e. The smallest absolute Gasteiger partial charge is 0.410 e. The van der Waals surface area contributed by atoms with Gasteiger partial charge in [0.2, 0.25) is 0 Å². The van der Waals surface area contributed by atoms with Crippen molar-refractivity contribution in [3.05, 3.63) is 34.3 Å². The summed E-state index contributed by atoms with van der Waals surface area (Å²) in [5.41, 5.74) is 1.21. The first-order chi connectivity index (χ1) is 10.8. The Labute approximate surface area is 141 Å². The summed E-state index contributed by atoms with van der Waals surface area (Å²) >= 11 is 6.03. The lowest BCUT2D eigenvalue weighted by molar-refractivity contribution is 0.0185. The second-order valence-electron chi connectivity index (χ2n) is 7.36. The first-order valence-corrected chi connectivity index (χ1v) is 8.46. The fraction of sp³-hybridized carbons (Fsp3) is 0.556. The molecule has 124 valence electrons. The van der Waals surface area contributed by atoms with Crippen LogP contribution >= 0.6 is 11.6 Å². The number of hydrogen-bond acceptors (Lipinski definition) is 3. The Hall–Kier alpha value is -1.55. The van der Waals surface area contributed by atoms with Crippen LogP contribution in [-0.2, 0) is 11.2 Å². The molecule has 1 saturated heterocycles. The summed E-state index contributed by atoms with van der Waals surface area (Å²) in [5.74, 6) is -0.0596. The zero-order valence-electron chi connectivity index (χ0n) is 13.8. The van der Waals surface area contributed by atoms with Gasteiger partial charge in [-0.25, -0.2) is 4.79 Å². The van der Waals surface area contributed by atoms with E-state index in [2.05, 4.69) is 0 Å². The Kier molecular flexibility index (Phi) is 4.13. The summed E-state index contributed by atoms with van der Waals surface area (Å²) < 4.78 is 5.50. The molecule has 0 aromatic heterocycles. The minimum Gasteiger partial charge on any atom is -0.444 e. The molecule has 1 aliphatic carbocycles. The van der Waals surface area contributed by atoms with Gasteiger partial charge in [-0.05, 0) is 63.8 Å². The van der Waals surface area contributed by atoms with Gasteiger partial charge in [-0.15, -0.1) is 0 Å². The number of nitrogens with zero attached hydrogens (tertiary/aromatic N) is 1. The first kappa shape index (κ1) is 16.3. The Morgan fingerprint density at radius 2 is 2.09 bits per heavy atom. The predicted octanol–water partition coefficient (Wildman–Crippen LogP) is 4.09. The molecule has 0 spiro atoms. The molecule has 1 amide bonds. The molecule has 2 atom stereocenters. The van der Waals surface area contributed by atoms with Crippen LogP contribution in [0.3, 0.4) is 0 Å². The van der Waals surface area contributed by atoms with Crippen LogP contribution in [0.2, 0.25) is 5.02 Å². The molecule has 2 unspecified atom stereocenters. The van der Waals surface area contributed by atoms with Gasteiger partial charge in [0.15, 0.2) is 5.78 Å². The van der Waals surface area contributed by atoms with E-state index in [1.54, 1.807) is 17.0 Å². The number of rotatable bonds is 1. The van der Waals surface area contributed by atoms with E-state index in [4.69, 9.17) is 16.3 Å². The molecule has 23 heavy (non-hydrogen) atoms. The van der Waals surface area contributed by atoms with Crippen molar-refractivity contribution < 1.29 is 14.3 Å². The Morgan fingerprint density at radius 1 is 1.35 bits per heavy atom. The first-order valence-electron chi connectivity index (χ1n) is 8.08. The molecular formula is C18H22ClNO3. The van der Waals surface area contributed by atoms with Crippen molar-refractivity contribution in [1.82, 2.24) is 4.90 Å². The maximum absolute atomic E-state index is 12.7. The van der Waals surface area contributed by atoms with Crippen LogP contribution in [0.5, 0.6) is 0 Å². The van der Waals surface area contributed by atoms with Crippen molar-refractivity contribution >= 4 is 23.5 Å². The second-order valence-corrected chi connectivity index (χ2v) is 7.80. The molecule has 0 bridgehead atoms. The third-order valence-corrected chi connectivity index (χ3v) is 4.74. The van der Waals surface area contributed by atoms with Crippen molar-refractivity contribution in [2.75, 3.05) is 6.54 Å². The topological polar surface area (TPSA) is 46.6 Å². The number of carbonyl (C=O) groups excluding carboxylic acids is 2. The maximum Gasteiger partial charge on any atom is 0.410 e. The fourth-order valence-corrected chi connectivity index (χ4v) is 3.76. The number of Topliss-reactive ketones (excluding diaryl/α,β-unsaturated/α-hetero) is 1. The molecule has 1 aromatic carbocycles. The van der Waals surface area contributed by atoms with E-state index in [9.17, 15) is 9.59 Å². The number of amides is 1. The number of likely N-dealkylation sites (tertiary alicyclic amines) is 1. The Morgan fingerprint density at radius 3 is 2.78 bits per heavy atom. The molecule has 0 saturated carbocycles. The van der Waals surface area contributed by atoms with Gasteiger partial charge in [-0.2, -0.15) is 0 Å². The van der Waals surface area contributed by atoms with Gasteiger partial charge in [0.25, 0.3) is 0 Å². The van der Waals surface area contributed by atoms with Crippen LogP contribution < -0.4 is 0 Å². The van der Waals surface area contributed by atoms with E-state index < -0.39 is 5.60 Å². The number of benzene rings is 1. The molecule has 0 N–H and O–H groups in total. The Bertz CT molecular complexity index is 650. The molecule has 2 aliphatic rings. The van der Waals surface area contributed by atoms with Crippen LogP contribution in [0.25, 0.3) is 0 Å². The minimum absolute atomic E-state index is 0.0801. The monoisotopic (exact) mass is 335 g/mol. The average molecular weight is 336 g/mol. The minimum atomic E-state index is -0.527. The summed E-state index contributed by atoms with van der Waals surface area (Å²) in [7, 11) is 0. The zero-order chi connectivity index (χ0) is 16.8. The van der Waals surface area contributed by atoms with Gasteiger partial charge in [0, 0.05) is 29.1 Å².